The largest absolute Gasteiger partial charge is 0.378 e. The molecular formula is C26H24FN3O3. The van der Waals surface area contributed by atoms with Crippen molar-refractivity contribution in [1.82, 2.24) is 0 Å². The van der Waals surface area contributed by atoms with Gasteiger partial charge in [-0.25, -0.2) is 14.4 Å². The number of carbonyl (C=O) groups is 2. The van der Waals surface area contributed by atoms with E-state index in [1.807, 2.05) is 74.4 Å². The van der Waals surface area contributed by atoms with Gasteiger partial charge in [0, 0.05) is 19.8 Å². The second-order valence-electron chi connectivity index (χ2n) is 8.58. The number of hydrogen-bond donors (Lipinski definition) is 0. The SMILES string of the molecule is Cc1ccccc1N1O[C@H]2C(=O)N(c3ccc(F)cc3)C(=O)[C@H]2[C@@H]1c1ccc(N(C)C)cc1. The van der Waals surface area contributed by atoms with Crippen molar-refractivity contribution in [2.45, 2.75) is 19.1 Å². The number of imide groups is 1. The highest BCUT2D eigenvalue weighted by atomic mass is 19.1. The molecule has 2 amide bonds. The van der Waals surface area contributed by atoms with Crippen LogP contribution in [0.4, 0.5) is 21.5 Å². The summed E-state index contributed by atoms with van der Waals surface area (Å²) in [6.07, 6.45) is -0.958. The van der Waals surface area contributed by atoms with Crippen molar-refractivity contribution in [1.29, 1.82) is 0 Å². The molecule has 2 aliphatic heterocycles. The molecule has 0 unspecified atom stereocenters. The molecule has 168 valence electrons. The van der Waals surface area contributed by atoms with E-state index in [-0.39, 0.29) is 5.91 Å². The molecule has 3 atom stereocenters. The van der Waals surface area contributed by atoms with Gasteiger partial charge in [-0.15, -0.1) is 0 Å². The van der Waals surface area contributed by atoms with Crippen LogP contribution in [-0.2, 0) is 14.4 Å². The summed E-state index contributed by atoms with van der Waals surface area (Å²) < 4.78 is 13.4. The normalized spacial score (nSPS) is 22.1. The maximum Gasteiger partial charge on any atom is 0.266 e. The van der Waals surface area contributed by atoms with E-state index < -0.39 is 29.8 Å². The highest BCUT2D eigenvalue weighted by Crippen LogP contribution is 2.48. The summed E-state index contributed by atoms with van der Waals surface area (Å²) in [5.41, 5.74) is 4.02. The van der Waals surface area contributed by atoms with Crippen molar-refractivity contribution in [2.75, 3.05) is 29.0 Å². The molecule has 0 saturated carbocycles. The zero-order valence-corrected chi connectivity index (χ0v) is 18.6. The number of halogens is 1. The molecular weight excluding hydrogens is 421 g/mol. The van der Waals surface area contributed by atoms with Gasteiger partial charge >= 0.3 is 0 Å². The van der Waals surface area contributed by atoms with Crippen LogP contribution in [0.1, 0.15) is 17.2 Å². The number of hydrogen-bond acceptors (Lipinski definition) is 5. The minimum absolute atomic E-state index is 0.341. The van der Waals surface area contributed by atoms with Crippen LogP contribution >= 0.6 is 0 Å². The minimum atomic E-state index is -0.958. The third kappa shape index (κ3) is 3.45. The molecule has 2 fully saturated rings. The Labute approximate surface area is 191 Å². The number of amides is 2. The van der Waals surface area contributed by atoms with Crippen LogP contribution in [0.25, 0.3) is 0 Å². The molecule has 0 bridgehead atoms. The Balaban J connectivity index is 1.58. The molecule has 0 N–H and O–H groups in total. The topological polar surface area (TPSA) is 53.1 Å². The number of para-hydroxylation sites is 1. The lowest BCUT2D eigenvalue weighted by Crippen LogP contribution is -2.37. The smallest absolute Gasteiger partial charge is 0.266 e. The molecule has 0 aromatic heterocycles. The van der Waals surface area contributed by atoms with Crippen molar-refractivity contribution >= 4 is 28.9 Å². The predicted molar refractivity (Wildman–Crippen MR) is 124 cm³/mol. The van der Waals surface area contributed by atoms with Crippen molar-refractivity contribution in [3.8, 4) is 0 Å². The molecule has 0 radical (unpaired) electrons. The molecule has 7 heteroatoms. The molecule has 5 rings (SSSR count). The Morgan fingerprint density at radius 1 is 0.879 bits per heavy atom. The average molecular weight is 445 g/mol. The van der Waals surface area contributed by atoms with Crippen molar-refractivity contribution in [3.63, 3.8) is 0 Å². The third-order valence-corrected chi connectivity index (χ3v) is 6.30. The Morgan fingerprint density at radius 3 is 2.18 bits per heavy atom. The van der Waals surface area contributed by atoms with Crippen LogP contribution in [0.3, 0.4) is 0 Å². The lowest BCUT2D eigenvalue weighted by molar-refractivity contribution is -0.126. The van der Waals surface area contributed by atoms with Crippen LogP contribution in [-0.4, -0.2) is 32.0 Å². The van der Waals surface area contributed by atoms with Crippen LogP contribution in [0.2, 0.25) is 0 Å². The number of hydroxylamine groups is 1. The standard InChI is InChI=1S/C26H24FN3O3/c1-16-6-4-5-7-21(16)30-23(17-8-12-19(13-9-17)28(2)3)22-24(33-30)26(32)29(25(22)31)20-14-10-18(27)11-15-20/h4-15,22-24H,1-3H3/t22-,23-,24+/m0/s1. The van der Waals surface area contributed by atoms with E-state index in [4.69, 9.17) is 4.84 Å². The predicted octanol–water partition coefficient (Wildman–Crippen LogP) is 4.25. The van der Waals surface area contributed by atoms with E-state index >= 15 is 0 Å². The van der Waals surface area contributed by atoms with E-state index in [1.165, 1.54) is 24.3 Å². The van der Waals surface area contributed by atoms with Gasteiger partial charge in [-0.1, -0.05) is 30.3 Å². The first-order chi connectivity index (χ1) is 15.9. The van der Waals surface area contributed by atoms with Gasteiger partial charge in [-0.2, -0.15) is 0 Å². The molecule has 3 aromatic rings. The third-order valence-electron chi connectivity index (χ3n) is 6.30. The van der Waals surface area contributed by atoms with E-state index in [2.05, 4.69) is 0 Å². The number of anilines is 3. The van der Waals surface area contributed by atoms with Crippen molar-refractivity contribution in [3.05, 3.63) is 89.7 Å². The summed E-state index contributed by atoms with van der Waals surface area (Å²) in [4.78, 5) is 36.2. The minimum Gasteiger partial charge on any atom is -0.378 e. The first-order valence-corrected chi connectivity index (χ1v) is 10.8. The highest BCUT2D eigenvalue weighted by Gasteiger charge is 2.60. The van der Waals surface area contributed by atoms with Crippen molar-refractivity contribution in [2.24, 2.45) is 5.92 Å². The van der Waals surface area contributed by atoms with Gasteiger partial charge in [0.2, 0.25) is 5.91 Å². The Morgan fingerprint density at radius 2 is 1.55 bits per heavy atom. The highest BCUT2D eigenvalue weighted by molar-refractivity contribution is 6.23. The Hall–Kier alpha value is -3.71. The van der Waals surface area contributed by atoms with E-state index in [1.54, 1.807) is 5.06 Å². The quantitative estimate of drug-likeness (QED) is 0.562. The van der Waals surface area contributed by atoms with Crippen LogP contribution in [0.15, 0.2) is 72.8 Å². The molecule has 33 heavy (non-hydrogen) atoms. The first kappa shape index (κ1) is 21.2. The summed E-state index contributed by atoms with van der Waals surface area (Å²) in [5, 5.41) is 1.70. The molecule has 0 spiro atoms. The molecule has 3 aromatic carbocycles. The maximum atomic E-state index is 13.6. The molecule has 2 saturated heterocycles. The van der Waals surface area contributed by atoms with Gasteiger partial charge in [0.1, 0.15) is 11.7 Å². The summed E-state index contributed by atoms with van der Waals surface area (Å²) >= 11 is 0. The molecule has 2 heterocycles. The number of nitrogens with zero attached hydrogens (tertiary/aromatic N) is 3. The van der Waals surface area contributed by atoms with Crippen molar-refractivity contribution < 1.29 is 18.8 Å². The zero-order valence-electron chi connectivity index (χ0n) is 18.6. The fourth-order valence-corrected chi connectivity index (χ4v) is 4.59. The van der Waals surface area contributed by atoms with E-state index in [0.717, 1.165) is 27.4 Å². The fraction of sp³-hybridized carbons (Fsp3) is 0.231. The van der Waals surface area contributed by atoms with Gasteiger partial charge in [-0.3, -0.25) is 14.4 Å². The van der Waals surface area contributed by atoms with Crippen LogP contribution in [0.5, 0.6) is 0 Å². The van der Waals surface area contributed by atoms with E-state index in [0.29, 0.717) is 5.69 Å². The van der Waals surface area contributed by atoms with Crippen LogP contribution < -0.4 is 14.9 Å². The molecule has 6 nitrogen and oxygen atoms in total. The number of carbonyl (C=O) groups excluding carboxylic acids is 2. The Bertz CT molecular complexity index is 1210. The Kier molecular flexibility index (Phi) is 5.13. The van der Waals surface area contributed by atoms with E-state index in [9.17, 15) is 14.0 Å². The molecule has 0 aliphatic carbocycles. The summed E-state index contributed by atoms with van der Waals surface area (Å²) in [5.74, 6) is -1.96. The second-order valence-corrected chi connectivity index (χ2v) is 8.58. The average Bonchev–Trinajstić information content (AvgIpc) is 3.31. The lowest BCUT2D eigenvalue weighted by Gasteiger charge is -2.30. The zero-order chi connectivity index (χ0) is 23.3. The number of rotatable bonds is 4. The van der Waals surface area contributed by atoms with Gasteiger partial charge in [0.25, 0.3) is 5.91 Å². The van der Waals surface area contributed by atoms with Gasteiger partial charge in [-0.05, 0) is 60.5 Å². The lowest BCUT2D eigenvalue weighted by atomic mass is 9.90. The fourth-order valence-electron chi connectivity index (χ4n) is 4.59. The summed E-state index contributed by atoms with van der Waals surface area (Å²) in [6, 6.07) is 20.5. The monoisotopic (exact) mass is 445 g/mol. The number of aryl methyl sites for hydroxylation is 1. The van der Waals surface area contributed by atoms with Gasteiger partial charge in [0.15, 0.2) is 6.10 Å². The number of fused-ring (bicyclic) bond motifs is 1. The first-order valence-electron chi connectivity index (χ1n) is 10.8. The summed E-state index contributed by atoms with van der Waals surface area (Å²) in [6.45, 7) is 1.97. The van der Waals surface area contributed by atoms with Gasteiger partial charge < -0.3 is 4.90 Å². The second kappa shape index (κ2) is 8.01. The number of benzene rings is 3. The van der Waals surface area contributed by atoms with Crippen LogP contribution in [0, 0.1) is 18.7 Å². The maximum absolute atomic E-state index is 13.6. The molecule has 2 aliphatic rings. The van der Waals surface area contributed by atoms with Gasteiger partial charge in [0.05, 0.1) is 17.4 Å². The summed E-state index contributed by atoms with van der Waals surface area (Å²) in [7, 11) is 3.92.